The van der Waals surface area contributed by atoms with Crippen LogP contribution in [0.2, 0.25) is 0 Å². The Hall–Kier alpha value is -2.74. The van der Waals surface area contributed by atoms with Crippen molar-refractivity contribution >= 4 is 29.2 Å². The van der Waals surface area contributed by atoms with Crippen molar-refractivity contribution in [2.75, 3.05) is 54.9 Å². The first kappa shape index (κ1) is 16.7. The summed E-state index contributed by atoms with van der Waals surface area (Å²) < 4.78 is 0. The quantitative estimate of drug-likeness (QED) is 0.892. The largest absolute Gasteiger partial charge is 0.368 e. The lowest BCUT2D eigenvalue weighted by molar-refractivity contribution is -0.117. The highest BCUT2D eigenvalue weighted by Crippen LogP contribution is 2.21. The molecule has 8 heteroatoms. The molecule has 2 fully saturated rings. The van der Waals surface area contributed by atoms with Crippen molar-refractivity contribution in [1.82, 2.24) is 19.9 Å². The number of rotatable bonds is 4. The van der Waals surface area contributed by atoms with Crippen molar-refractivity contribution in [3.8, 4) is 0 Å². The van der Waals surface area contributed by atoms with Gasteiger partial charge in [0, 0.05) is 45.3 Å². The van der Waals surface area contributed by atoms with E-state index in [1.165, 1.54) is 0 Å². The Morgan fingerprint density at radius 1 is 1.04 bits per heavy atom. The molecule has 2 aliphatic rings. The van der Waals surface area contributed by atoms with Crippen molar-refractivity contribution < 1.29 is 4.79 Å². The highest BCUT2D eigenvalue weighted by molar-refractivity contribution is 5.94. The SMILES string of the molecule is CN1CCN(c2ccc(Nc3nccc(N4CCCC4=O)n3)nc2)CC1. The van der Waals surface area contributed by atoms with E-state index in [1.807, 2.05) is 12.3 Å². The van der Waals surface area contributed by atoms with Gasteiger partial charge in [0.25, 0.3) is 0 Å². The summed E-state index contributed by atoms with van der Waals surface area (Å²) in [4.78, 5) is 31.4. The van der Waals surface area contributed by atoms with Crippen LogP contribution in [0.5, 0.6) is 0 Å². The molecule has 2 aliphatic heterocycles. The molecule has 0 unspecified atom stereocenters. The standard InChI is InChI=1S/C18H23N7O/c1-23-9-11-24(12-10-23)14-4-5-15(20-13-14)21-18-19-7-6-16(22-18)25-8-2-3-17(25)26/h4-7,13H,2-3,8-12H2,1H3,(H,19,20,21,22). The third-order valence-electron chi connectivity index (χ3n) is 4.85. The minimum Gasteiger partial charge on any atom is -0.368 e. The average molecular weight is 353 g/mol. The lowest BCUT2D eigenvalue weighted by Crippen LogP contribution is -2.44. The second-order valence-corrected chi connectivity index (χ2v) is 6.70. The van der Waals surface area contributed by atoms with Gasteiger partial charge in [-0.1, -0.05) is 0 Å². The maximum Gasteiger partial charge on any atom is 0.230 e. The number of anilines is 4. The Bertz CT molecular complexity index is 771. The van der Waals surface area contributed by atoms with Crippen molar-refractivity contribution in [3.05, 3.63) is 30.6 Å². The Balaban J connectivity index is 1.43. The average Bonchev–Trinajstić information content (AvgIpc) is 3.09. The first-order chi connectivity index (χ1) is 12.7. The topological polar surface area (TPSA) is 77.5 Å². The molecule has 0 aliphatic carbocycles. The van der Waals surface area contributed by atoms with Crippen LogP contribution in [-0.4, -0.2) is 65.5 Å². The fourth-order valence-corrected chi connectivity index (χ4v) is 3.28. The van der Waals surface area contributed by atoms with Crippen molar-refractivity contribution in [3.63, 3.8) is 0 Å². The Labute approximate surface area is 152 Å². The molecular weight excluding hydrogens is 330 g/mol. The summed E-state index contributed by atoms with van der Waals surface area (Å²) in [6, 6.07) is 5.76. The fourth-order valence-electron chi connectivity index (χ4n) is 3.28. The van der Waals surface area contributed by atoms with Crippen LogP contribution in [0.4, 0.5) is 23.3 Å². The third-order valence-corrected chi connectivity index (χ3v) is 4.85. The van der Waals surface area contributed by atoms with Crippen LogP contribution in [0.25, 0.3) is 0 Å². The van der Waals surface area contributed by atoms with E-state index in [1.54, 1.807) is 17.2 Å². The van der Waals surface area contributed by atoms with E-state index in [9.17, 15) is 4.79 Å². The summed E-state index contributed by atoms with van der Waals surface area (Å²) in [5.41, 5.74) is 1.13. The smallest absolute Gasteiger partial charge is 0.230 e. The van der Waals surface area contributed by atoms with Gasteiger partial charge in [-0.3, -0.25) is 9.69 Å². The molecule has 0 saturated carbocycles. The number of nitrogens with one attached hydrogen (secondary N) is 1. The monoisotopic (exact) mass is 353 g/mol. The number of amides is 1. The molecule has 2 aromatic heterocycles. The molecule has 26 heavy (non-hydrogen) atoms. The normalized spacial score (nSPS) is 18.4. The molecule has 1 amide bonds. The van der Waals surface area contributed by atoms with Crippen molar-refractivity contribution in [1.29, 1.82) is 0 Å². The first-order valence-corrected chi connectivity index (χ1v) is 8.99. The van der Waals surface area contributed by atoms with Gasteiger partial charge < -0.3 is 15.1 Å². The van der Waals surface area contributed by atoms with Gasteiger partial charge in [0.1, 0.15) is 11.6 Å². The van der Waals surface area contributed by atoms with E-state index in [0.717, 1.165) is 38.3 Å². The molecule has 0 aromatic carbocycles. The predicted molar refractivity (Wildman–Crippen MR) is 101 cm³/mol. The van der Waals surface area contributed by atoms with E-state index in [0.29, 0.717) is 30.5 Å². The maximum atomic E-state index is 11.9. The number of hydrogen-bond acceptors (Lipinski definition) is 7. The van der Waals surface area contributed by atoms with Gasteiger partial charge in [-0.15, -0.1) is 0 Å². The Morgan fingerprint density at radius 3 is 2.58 bits per heavy atom. The van der Waals surface area contributed by atoms with Crippen LogP contribution in [0.3, 0.4) is 0 Å². The molecule has 4 rings (SSSR count). The number of carbonyl (C=O) groups is 1. The first-order valence-electron chi connectivity index (χ1n) is 8.99. The maximum absolute atomic E-state index is 11.9. The number of hydrogen-bond donors (Lipinski definition) is 1. The highest BCUT2D eigenvalue weighted by Gasteiger charge is 2.23. The Kier molecular flexibility index (Phi) is 4.66. The van der Waals surface area contributed by atoms with Crippen molar-refractivity contribution in [2.45, 2.75) is 12.8 Å². The number of aromatic nitrogens is 3. The molecule has 0 spiro atoms. The van der Waals surface area contributed by atoms with Gasteiger partial charge in [0.2, 0.25) is 11.9 Å². The van der Waals surface area contributed by atoms with Gasteiger partial charge in [0.15, 0.2) is 0 Å². The van der Waals surface area contributed by atoms with E-state index >= 15 is 0 Å². The summed E-state index contributed by atoms with van der Waals surface area (Å²) in [6.07, 6.45) is 5.00. The molecule has 136 valence electrons. The summed E-state index contributed by atoms with van der Waals surface area (Å²) in [5.74, 6) is 1.89. The molecule has 8 nitrogen and oxygen atoms in total. The molecule has 0 atom stereocenters. The Morgan fingerprint density at radius 2 is 1.88 bits per heavy atom. The zero-order valence-corrected chi connectivity index (χ0v) is 14.9. The minimum absolute atomic E-state index is 0.115. The molecule has 0 radical (unpaired) electrons. The van der Waals surface area contributed by atoms with Crippen LogP contribution in [-0.2, 0) is 4.79 Å². The van der Waals surface area contributed by atoms with Crippen LogP contribution in [0.15, 0.2) is 30.6 Å². The highest BCUT2D eigenvalue weighted by atomic mass is 16.2. The van der Waals surface area contributed by atoms with Crippen LogP contribution >= 0.6 is 0 Å². The molecule has 2 saturated heterocycles. The number of piperazine rings is 1. The fraction of sp³-hybridized carbons (Fsp3) is 0.444. The molecule has 0 bridgehead atoms. The molecular formula is C18H23N7O. The number of likely N-dealkylation sites (N-methyl/N-ethyl adjacent to an activating group) is 1. The summed E-state index contributed by atoms with van der Waals surface area (Å²) in [7, 11) is 2.15. The number of carbonyl (C=O) groups excluding carboxylic acids is 1. The number of nitrogens with zero attached hydrogens (tertiary/aromatic N) is 6. The van der Waals surface area contributed by atoms with E-state index < -0.39 is 0 Å². The minimum atomic E-state index is 0.115. The van der Waals surface area contributed by atoms with Crippen LogP contribution in [0.1, 0.15) is 12.8 Å². The summed E-state index contributed by atoms with van der Waals surface area (Å²) in [6.45, 7) is 4.87. The zero-order valence-electron chi connectivity index (χ0n) is 14.9. The van der Waals surface area contributed by atoms with Gasteiger partial charge >= 0.3 is 0 Å². The molecule has 4 heterocycles. The van der Waals surface area contributed by atoms with E-state index in [2.05, 4.69) is 43.2 Å². The van der Waals surface area contributed by atoms with Gasteiger partial charge in [0.05, 0.1) is 11.9 Å². The predicted octanol–water partition coefficient (Wildman–Crippen LogP) is 1.49. The third kappa shape index (κ3) is 3.60. The van der Waals surface area contributed by atoms with E-state index in [4.69, 9.17) is 0 Å². The lowest BCUT2D eigenvalue weighted by atomic mass is 10.3. The molecule has 1 N–H and O–H groups in total. The lowest BCUT2D eigenvalue weighted by Gasteiger charge is -2.33. The molecule has 2 aromatic rings. The van der Waals surface area contributed by atoms with Gasteiger partial charge in [-0.25, -0.2) is 9.97 Å². The van der Waals surface area contributed by atoms with Crippen LogP contribution in [0, 0.1) is 0 Å². The van der Waals surface area contributed by atoms with Crippen LogP contribution < -0.4 is 15.1 Å². The second kappa shape index (κ2) is 7.25. The summed E-state index contributed by atoms with van der Waals surface area (Å²) in [5, 5.41) is 3.12. The van der Waals surface area contributed by atoms with Crippen molar-refractivity contribution in [2.24, 2.45) is 0 Å². The summed E-state index contributed by atoms with van der Waals surface area (Å²) >= 11 is 0. The van der Waals surface area contributed by atoms with Gasteiger partial charge in [-0.2, -0.15) is 4.98 Å². The second-order valence-electron chi connectivity index (χ2n) is 6.70. The number of pyridine rings is 1. The van der Waals surface area contributed by atoms with Gasteiger partial charge in [-0.05, 0) is 31.7 Å². The zero-order chi connectivity index (χ0) is 17.9. The van der Waals surface area contributed by atoms with E-state index in [-0.39, 0.29) is 5.91 Å².